The molecular weight excluding hydrogens is 226 g/mol. The maximum atomic E-state index is 6.01. The number of methoxy groups -OCH3 is 1. The largest absolute Gasteiger partial charge is 0.493 e. The Labute approximate surface area is 109 Å². The molecule has 1 aromatic rings. The molecule has 3 heteroatoms. The Hall–Kier alpha value is -1.06. The summed E-state index contributed by atoms with van der Waals surface area (Å²) in [6.45, 7) is 4.81. The Kier molecular flexibility index (Phi) is 3.93. The van der Waals surface area contributed by atoms with Gasteiger partial charge in [-0.15, -0.1) is 0 Å². The van der Waals surface area contributed by atoms with Gasteiger partial charge in [-0.1, -0.05) is 6.07 Å². The number of fused-ring (bicyclic) bond motifs is 1. The number of rotatable bonds is 5. The first-order valence-electron chi connectivity index (χ1n) is 6.58. The fourth-order valence-electron chi connectivity index (χ4n) is 2.23. The minimum absolute atomic E-state index is 0.126. The van der Waals surface area contributed by atoms with Gasteiger partial charge in [-0.3, -0.25) is 0 Å². The van der Waals surface area contributed by atoms with Gasteiger partial charge in [-0.05, 0) is 49.9 Å². The molecule has 0 amide bonds. The van der Waals surface area contributed by atoms with Crippen LogP contribution in [0.15, 0.2) is 18.2 Å². The van der Waals surface area contributed by atoms with E-state index < -0.39 is 0 Å². The fourth-order valence-corrected chi connectivity index (χ4v) is 2.23. The molecule has 0 aromatic heterocycles. The van der Waals surface area contributed by atoms with Crippen LogP contribution in [0.25, 0.3) is 0 Å². The predicted molar refractivity (Wildman–Crippen MR) is 72.9 cm³/mol. The van der Waals surface area contributed by atoms with Crippen molar-refractivity contribution in [3.05, 3.63) is 29.3 Å². The molecular formula is C15H23NO2. The standard InChI is InChI=1S/C15H23NO2/c1-15(2,17-3)8-9-18-12-5-6-13-11(10-12)4-7-14(13)16/h5-6,10,14H,4,7-9,16H2,1-3H3/t14-/m1/s1. The summed E-state index contributed by atoms with van der Waals surface area (Å²) in [5, 5.41) is 0. The van der Waals surface area contributed by atoms with Gasteiger partial charge >= 0.3 is 0 Å². The Balaban J connectivity index is 1.92. The molecule has 0 radical (unpaired) electrons. The van der Waals surface area contributed by atoms with Crippen LogP contribution in [0.5, 0.6) is 5.75 Å². The van der Waals surface area contributed by atoms with Crippen LogP contribution in [0, 0.1) is 0 Å². The van der Waals surface area contributed by atoms with Crippen molar-refractivity contribution in [2.75, 3.05) is 13.7 Å². The molecule has 2 N–H and O–H groups in total. The van der Waals surface area contributed by atoms with Crippen LogP contribution < -0.4 is 10.5 Å². The van der Waals surface area contributed by atoms with E-state index in [1.165, 1.54) is 11.1 Å². The first-order chi connectivity index (χ1) is 8.52. The van der Waals surface area contributed by atoms with E-state index >= 15 is 0 Å². The maximum absolute atomic E-state index is 6.01. The van der Waals surface area contributed by atoms with Crippen molar-refractivity contribution in [1.29, 1.82) is 0 Å². The summed E-state index contributed by atoms with van der Waals surface area (Å²) in [4.78, 5) is 0. The summed E-state index contributed by atoms with van der Waals surface area (Å²) in [6, 6.07) is 6.46. The SMILES string of the molecule is COC(C)(C)CCOc1ccc2c(c1)CC[C@H]2N. The minimum atomic E-state index is -0.126. The second kappa shape index (κ2) is 5.29. The molecule has 0 fully saturated rings. The third-order valence-electron chi connectivity index (χ3n) is 3.76. The Morgan fingerprint density at radius 2 is 2.17 bits per heavy atom. The van der Waals surface area contributed by atoms with E-state index in [2.05, 4.69) is 26.0 Å². The highest BCUT2D eigenvalue weighted by Gasteiger charge is 2.19. The van der Waals surface area contributed by atoms with Gasteiger partial charge in [0.2, 0.25) is 0 Å². The van der Waals surface area contributed by atoms with E-state index in [-0.39, 0.29) is 11.6 Å². The van der Waals surface area contributed by atoms with Crippen molar-refractivity contribution >= 4 is 0 Å². The van der Waals surface area contributed by atoms with Crippen molar-refractivity contribution in [2.24, 2.45) is 5.73 Å². The van der Waals surface area contributed by atoms with Crippen molar-refractivity contribution in [1.82, 2.24) is 0 Å². The van der Waals surface area contributed by atoms with Crippen molar-refractivity contribution in [3.8, 4) is 5.75 Å². The number of benzene rings is 1. The highest BCUT2D eigenvalue weighted by atomic mass is 16.5. The van der Waals surface area contributed by atoms with E-state index in [4.69, 9.17) is 15.2 Å². The second-order valence-corrected chi connectivity index (χ2v) is 5.57. The lowest BCUT2D eigenvalue weighted by Gasteiger charge is -2.22. The minimum Gasteiger partial charge on any atom is -0.493 e. The van der Waals surface area contributed by atoms with Gasteiger partial charge in [0.1, 0.15) is 5.75 Å². The molecule has 3 nitrogen and oxygen atoms in total. The van der Waals surface area contributed by atoms with Crippen LogP contribution in [0.1, 0.15) is 43.9 Å². The van der Waals surface area contributed by atoms with E-state index in [9.17, 15) is 0 Å². The van der Waals surface area contributed by atoms with Gasteiger partial charge in [-0.25, -0.2) is 0 Å². The van der Waals surface area contributed by atoms with E-state index in [1.54, 1.807) is 7.11 Å². The van der Waals surface area contributed by atoms with Gasteiger partial charge < -0.3 is 15.2 Å². The fraction of sp³-hybridized carbons (Fsp3) is 0.600. The van der Waals surface area contributed by atoms with Crippen LogP contribution in [0.2, 0.25) is 0 Å². The van der Waals surface area contributed by atoms with Crippen molar-refractivity contribution < 1.29 is 9.47 Å². The lowest BCUT2D eigenvalue weighted by molar-refractivity contribution is 0.00545. The molecule has 0 unspecified atom stereocenters. The summed E-state index contributed by atoms with van der Waals surface area (Å²) >= 11 is 0. The summed E-state index contributed by atoms with van der Waals surface area (Å²) in [5.74, 6) is 0.940. The van der Waals surface area contributed by atoms with Crippen LogP contribution in [0.4, 0.5) is 0 Å². The smallest absolute Gasteiger partial charge is 0.119 e. The Bertz CT molecular complexity index is 415. The normalized spacial score (nSPS) is 18.8. The second-order valence-electron chi connectivity index (χ2n) is 5.57. The molecule has 100 valence electrons. The summed E-state index contributed by atoms with van der Waals surface area (Å²) in [6.07, 6.45) is 2.99. The molecule has 0 bridgehead atoms. The predicted octanol–water partition coefficient (Wildman–Crippen LogP) is 2.83. The molecule has 1 atom stereocenters. The number of ether oxygens (including phenoxy) is 2. The molecule has 2 rings (SSSR count). The average Bonchev–Trinajstić information content (AvgIpc) is 2.71. The van der Waals surface area contributed by atoms with E-state index in [1.807, 2.05) is 6.07 Å². The topological polar surface area (TPSA) is 44.5 Å². The zero-order valence-corrected chi connectivity index (χ0v) is 11.5. The zero-order chi connectivity index (χ0) is 13.2. The van der Waals surface area contributed by atoms with E-state index in [0.29, 0.717) is 6.61 Å². The summed E-state index contributed by atoms with van der Waals surface area (Å²) < 4.78 is 11.2. The van der Waals surface area contributed by atoms with Crippen molar-refractivity contribution in [3.63, 3.8) is 0 Å². The van der Waals surface area contributed by atoms with E-state index in [0.717, 1.165) is 25.0 Å². The average molecular weight is 249 g/mol. The molecule has 0 aliphatic heterocycles. The maximum Gasteiger partial charge on any atom is 0.119 e. The first kappa shape index (κ1) is 13.4. The zero-order valence-electron chi connectivity index (χ0n) is 11.5. The van der Waals surface area contributed by atoms with Gasteiger partial charge in [0.25, 0.3) is 0 Å². The van der Waals surface area contributed by atoms with Crippen LogP contribution in [-0.4, -0.2) is 19.3 Å². The van der Waals surface area contributed by atoms with Crippen LogP contribution >= 0.6 is 0 Å². The number of hydrogen-bond donors (Lipinski definition) is 1. The quantitative estimate of drug-likeness (QED) is 0.872. The van der Waals surface area contributed by atoms with Gasteiger partial charge in [0.15, 0.2) is 0 Å². The molecule has 1 aromatic carbocycles. The molecule has 0 saturated heterocycles. The molecule has 1 aliphatic rings. The summed E-state index contributed by atoms with van der Waals surface area (Å²) in [5.41, 5.74) is 8.50. The van der Waals surface area contributed by atoms with Gasteiger partial charge in [-0.2, -0.15) is 0 Å². The lowest BCUT2D eigenvalue weighted by atomic mass is 10.1. The molecule has 1 aliphatic carbocycles. The monoisotopic (exact) mass is 249 g/mol. The number of hydrogen-bond acceptors (Lipinski definition) is 3. The highest BCUT2D eigenvalue weighted by molar-refractivity contribution is 5.40. The van der Waals surface area contributed by atoms with Gasteiger partial charge in [0.05, 0.1) is 12.2 Å². The number of aryl methyl sites for hydroxylation is 1. The Morgan fingerprint density at radius 1 is 1.39 bits per heavy atom. The van der Waals surface area contributed by atoms with Gasteiger partial charge in [0, 0.05) is 19.6 Å². The molecule has 0 heterocycles. The third kappa shape index (κ3) is 3.03. The van der Waals surface area contributed by atoms with Crippen LogP contribution in [0.3, 0.4) is 0 Å². The summed E-state index contributed by atoms with van der Waals surface area (Å²) in [7, 11) is 1.73. The lowest BCUT2D eigenvalue weighted by Crippen LogP contribution is -2.25. The van der Waals surface area contributed by atoms with Crippen LogP contribution in [-0.2, 0) is 11.2 Å². The highest BCUT2D eigenvalue weighted by Crippen LogP contribution is 2.31. The number of nitrogens with two attached hydrogens (primary N) is 1. The first-order valence-corrected chi connectivity index (χ1v) is 6.58. The molecule has 0 saturated carbocycles. The Morgan fingerprint density at radius 3 is 2.89 bits per heavy atom. The molecule has 0 spiro atoms. The molecule has 18 heavy (non-hydrogen) atoms. The van der Waals surface area contributed by atoms with Crippen molar-refractivity contribution in [2.45, 2.75) is 44.8 Å². The third-order valence-corrected chi connectivity index (χ3v) is 3.76.